The van der Waals surface area contributed by atoms with Crippen LogP contribution in [0.2, 0.25) is 0 Å². The van der Waals surface area contributed by atoms with Gasteiger partial charge in [0.2, 0.25) is 0 Å². The summed E-state index contributed by atoms with van der Waals surface area (Å²) in [4.78, 5) is 5.51. The Morgan fingerprint density at radius 3 is 1.03 bits per heavy atom. The van der Waals surface area contributed by atoms with Crippen LogP contribution in [0.4, 0.5) is 34.1 Å². The molecule has 116 heavy (non-hydrogen) atoms. The summed E-state index contributed by atoms with van der Waals surface area (Å²) in [5, 5.41) is 12.8. The monoisotopic (exact) mass is 1500 g/mol. The molecule has 17 aromatic carbocycles. The summed E-state index contributed by atoms with van der Waals surface area (Å²) in [5.74, 6) is 0. The molecule has 0 unspecified atom stereocenters. The lowest BCUT2D eigenvalue weighted by Gasteiger charge is -2.46. The van der Waals surface area contributed by atoms with Crippen LogP contribution in [-0.2, 0) is 27.1 Å². The van der Waals surface area contributed by atoms with Crippen molar-refractivity contribution in [1.29, 1.82) is 0 Å². The van der Waals surface area contributed by atoms with Crippen molar-refractivity contribution in [3.8, 4) is 72.4 Å². The molecule has 3 heterocycles. The summed E-state index contributed by atoms with van der Waals surface area (Å²) in [6, 6.07) is 125. The van der Waals surface area contributed by atoms with Gasteiger partial charge >= 0.3 is 0 Å². The van der Waals surface area contributed by atoms with E-state index in [-0.39, 0.29) is 33.8 Å². The van der Waals surface area contributed by atoms with E-state index >= 15 is 0 Å². The van der Waals surface area contributed by atoms with E-state index < -0.39 is 0 Å². The standard InChI is InChI=1S/C112H98BN3/c1-108(2,3)77-48-45-69(46-49-77)76-60-101-105-102(61-76)116(107-91(72-35-24-18-25-36-72)66-81(112(13,14)15)67-92(107)73-37-26-19-27-38-73)100-68-82(114-97-57-50-78(109(4,5)6)62-93(97)94-63-79(110(7,8)9)51-58-98(94)114)52-56-96(100)113(105)95-55-47-75(83-53-54-88-86-42-29-40-74-39-28-41-85(103(74)86)87-44-30-43-84(83)104(87)88)59-99(95)115(101)106-89(70-31-20-16-21-32-70)64-80(111(10,11)12)65-90(106)71-33-22-17-23-34-71/h16-68H,1-15H3. The Bertz CT molecular complexity index is 6750. The van der Waals surface area contributed by atoms with Gasteiger partial charge in [0.1, 0.15) is 0 Å². The lowest BCUT2D eigenvalue weighted by molar-refractivity contribution is 0.590. The van der Waals surface area contributed by atoms with Crippen molar-refractivity contribution in [2.75, 3.05) is 9.80 Å². The smallest absolute Gasteiger partial charge is 0.252 e. The first-order valence-corrected chi connectivity index (χ1v) is 41.7. The van der Waals surface area contributed by atoms with Crippen LogP contribution in [0.3, 0.4) is 0 Å². The van der Waals surface area contributed by atoms with Gasteiger partial charge in [0.25, 0.3) is 6.71 Å². The highest BCUT2D eigenvalue weighted by Gasteiger charge is 2.47. The second-order valence-electron chi connectivity index (χ2n) is 38.1. The third kappa shape index (κ3) is 11.8. The first kappa shape index (κ1) is 72.5. The van der Waals surface area contributed by atoms with Gasteiger partial charge in [0.05, 0.1) is 22.4 Å². The lowest BCUT2D eigenvalue weighted by Crippen LogP contribution is -2.61. The van der Waals surface area contributed by atoms with Crippen molar-refractivity contribution in [1.82, 2.24) is 4.57 Å². The van der Waals surface area contributed by atoms with Crippen LogP contribution in [0.25, 0.3) is 137 Å². The maximum absolute atomic E-state index is 2.76. The van der Waals surface area contributed by atoms with E-state index in [1.54, 1.807) is 0 Å². The van der Waals surface area contributed by atoms with E-state index in [9.17, 15) is 0 Å². The van der Waals surface area contributed by atoms with Crippen LogP contribution >= 0.6 is 0 Å². The molecule has 18 aromatic rings. The Hall–Kier alpha value is -12.5. The minimum Gasteiger partial charge on any atom is -0.310 e. The highest BCUT2D eigenvalue weighted by Crippen LogP contribution is 2.57. The predicted octanol–water partition coefficient (Wildman–Crippen LogP) is 29.4. The zero-order chi connectivity index (χ0) is 79.8. The van der Waals surface area contributed by atoms with Crippen LogP contribution in [-0.4, -0.2) is 11.3 Å². The van der Waals surface area contributed by atoms with Gasteiger partial charge in [-0.3, -0.25) is 0 Å². The van der Waals surface area contributed by atoms with Crippen LogP contribution in [0.15, 0.2) is 322 Å². The third-order valence-corrected chi connectivity index (χ3v) is 25.5. The molecule has 0 amide bonds. The van der Waals surface area contributed by atoms with Crippen molar-refractivity contribution in [3.05, 3.63) is 349 Å². The second kappa shape index (κ2) is 26.5. The normalized spacial score (nSPS) is 13.2. The molecule has 564 valence electrons. The fourth-order valence-electron chi connectivity index (χ4n) is 19.2. The summed E-state index contributed by atoms with van der Waals surface area (Å²) < 4.78 is 2.58. The van der Waals surface area contributed by atoms with Gasteiger partial charge in [0, 0.05) is 61.5 Å². The van der Waals surface area contributed by atoms with E-state index in [1.807, 2.05) is 0 Å². The molecule has 0 N–H and O–H groups in total. The molecule has 0 atom stereocenters. The summed E-state index contributed by atoms with van der Waals surface area (Å²) in [6.07, 6.45) is 0. The van der Waals surface area contributed by atoms with Gasteiger partial charge in [-0.05, 0) is 238 Å². The third-order valence-electron chi connectivity index (χ3n) is 25.5. The molecular weight excluding hydrogens is 1400 g/mol. The Kier molecular flexibility index (Phi) is 16.6. The topological polar surface area (TPSA) is 11.4 Å². The molecule has 0 radical (unpaired) electrons. The first-order chi connectivity index (χ1) is 55.7. The number of aromatic nitrogens is 1. The number of rotatable bonds is 9. The van der Waals surface area contributed by atoms with Gasteiger partial charge in [-0.15, -0.1) is 0 Å². The molecule has 4 heteroatoms. The Morgan fingerprint density at radius 1 is 0.224 bits per heavy atom. The van der Waals surface area contributed by atoms with Crippen LogP contribution < -0.4 is 26.2 Å². The second-order valence-corrected chi connectivity index (χ2v) is 38.1. The van der Waals surface area contributed by atoms with Gasteiger partial charge in [-0.2, -0.15) is 0 Å². The van der Waals surface area contributed by atoms with E-state index in [0.29, 0.717) is 0 Å². The van der Waals surface area contributed by atoms with Crippen molar-refractivity contribution < 1.29 is 0 Å². The average molecular weight is 1500 g/mol. The van der Waals surface area contributed by atoms with Gasteiger partial charge in [-0.25, -0.2) is 0 Å². The number of fused-ring (bicyclic) bond motifs is 9. The highest BCUT2D eigenvalue weighted by molar-refractivity contribution is 7.00. The van der Waals surface area contributed by atoms with E-state index in [1.165, 1.54) is 126 Å². The van der Waals surface area contributed by atoms with Crippen LogP contribution in [0, 0.1) is 0 Å². The molecule has 0 bridgehead atoms. The Morgan fingerprint density at radius 2 is 0.595 bits per heavy atom. The van der Waals surface area contributed by atoms with Crippen molar-refractivity contribution in [2.45, 2.75) is 131 Å². The van der Waals surface area contributed by atoms with Crippen molar-refractivity contribution in [2.24, 2.45) is 0 Å². The van der Waals surface area contributed by atoms with Gasteiger partial charge < -0.3 is 14.4 Å². The van der Waals surface area contributed by atoms with E-state index in [2.05, 4.69) is 440 Å². The number of anilines is 6. The number of benzene rings is 17. The number of nitrogens with zero attached hydrogens (tertiary/aromatic N) is 3. The summed E-state index contributed by atoms with van der Waals surface area (Å²) in [7, 11) is 0. The molecule has 0 spiro atoms. The molecule has 0 saturated carbocycles. The van der Waals surface area contributed by atoms with Crippen molar-refractivity contribution >= 4 is 122 Å². The van der Waals surface area contributed by atoms with Gasteiger partial charge in [-0.1, -0.05) is 347 Å². The minimum absolute atomic E-state index is 0.0715. The predicted molar refractivity (Wildman–Crippen MR) is 502 cm³/mol. The van der Waals surface area contributed by atoms with Gasteiger partial charge in [0.15, 0.2) is 0 Å². The summed E-state index contributed by atoms with van der Waals surface area (Å²) in [6.45, 7) is 35.0. The van der Waals surface area contributed by atoms with Crippen LogP contribution in [0.5, 0.6) is 0 Å². The van der Waals surface area contributed by atoms with Crippen LogP contribution in [0.1, 0.15) is 132 Å². The van der Waals surface area contributed by atoms with E-state index in [4.69, 9.17) is 0 Å². The minimum atomic E-state index is -0.281. The summed E-state index contributed by atoms with van der Waals surface area (Å²) >= 11 is 0. The lowest BCUT2D eigenvalue weighted by atomic mass is 9.33. The fourth-order valence-corrected chi connectivity index (χ4v) is 19.2. The first-order valence-electron chi connectivity index (χ1n) is 41.7. The molecular formula is C112H98BN3. The zero-order valence-corrected chi connectivity index (χ0v) is 69.5. The Balaban J connectivity index is 0.974. The number of hydrogen-bond acceptors (Lipinski definition) is 2. The highest BCUT2D eigenvalue weighted by atomic mass is 15.2. The largest absolute Gasteiger partial charge is 0.310 e. The maximum atomic E-state index is 2.76. The molecule has 1 aromatic heterocycles. The van der Waals surface area contributed by atoms with Crippen molar-refractivity contribution in [3.63, 3.8) is 0 Å². The molecule has 20 rings (SSSR count). The number of hydrogen-bond donors (Lipinski definition) is 0. The quantitative estimate of drug-likeness (QED) is 0.0811. The molecule has 0 aliphatic carbocycles. The molecule has 0 fully saturated rings. The average Bonchev–Trinajstić information content (AvgIpc) is 0.756. The zero-order valence-electron chi connectivity index (χ0n) is 69.5. The SMILES string of the molecule is CC(C)(C)c1ccc(-c2cc3c4c(c2)N(c2c(-c5ccccc5)cc(C(C)(C)C)cc2-c2ccccc2)c2cc(-n5c6ccc(C(C)(C)C)cc6c6cc(C(C)(C)C)ccc65)ccc2B4c2ccc(-c4ccc5c6cccc7cccc(c8cccc4c85)c76)cc2N3c2c(-c3ccccc3)cc(C(C)(C)C)cc2-c2ccccc2)cc1. The molecule has 0 saturated heterocycles. The Labute approximate surface area is 684 Å². The molecule has 2 aliphatic heterocycles. The maximum Gasteiger partial charge on any atom is 0.252 e. The summed E-state index contributed by atoms with van der Waals surface area (Å²) in [5.41, 5.74) is 33.6. The fraction of sp³-hybridized carbons (Fsp3) is 0.179. The molecule has 2 aliphatic rings. The van der Waals surface area contributed by atoms with E-state index in [0.717, 1.165) is 89.9 Å². The molecule has 3 nitrogen and oxygen atoms in total.